The van der Waals surface area contributed by atoms with Crippen LogP contribution in [0.2, 0.25) is 0 Å². The maximum absolute atomic E-state index is 12.2. The Morgan fingerprint density at radius 3 is 2.93 bits per heavy atom. The van der Waals surface area contributed by atoms with E-state index in [-0.39, 0.29) is 5.97 Å². The van der Waals surface area contributed by atoms with Crippen LogP contribution in [0, 0.1) is 6.92 Å². The number of aromatic amines is 1. The number of benzene rings is 1. The summed E-state index contributed by atoms with van der Waals surface area (Å²) < 4.78 is 5.13. The van der Waals surface area contributed by atoms with Crippen LogP contribution >= 0.6 is 0 Å². The van der Waals surface area contributed by atoms with Gasteiger partial charge in [-0.1, -0.05) is 6.07 Å². The van der Waals surface area contributed by atoms with Crippen molar-refractivity contribution in [3.63, 3.8) is 0 Å². The summed E-state index contributed by atoms with van der Waals surface area (Å²) in [4.78, 5) is 30.9. The first-order valence-corrected chi connectivity index (χ1v) is 9.34. The van der Waals surface area contributed by atoms with Gasteiger partial charge < -0.3 is 14.6 Å². The predicted octanol–water partition coefficient (Wildman–Crippen LogP) is 3.22. The molecule has 3 heterocycles. The highest BCUT2D eigenvalue weighted by atomic mass is 16.5. The third-order valence-corrected chi connectivity index (χ3v) is 5.02. The van der Waals surface area contributed by atoms with E-state index in [1.54, 1.807) is 6.92 Å². The molecule has 1 saturated heterocycles. The Morgan fingerprint density at radius 1 is 1.33 bits per heavy atom. The molecule has 1 fully saturated rings. The standard InChI is InChI=1S/C20H23N5O2/c1-3-27-20(26)15-11-21-12-22-19(15)25-8-6-14(7-9-25)18-23-16-5-4-13(2)10-17(16)24-18/h4-5,10-12,14H,3,6-9H2,1-2H3,(H,23,24). The Bertz CT molecular complexity index is 960. The van der Waals surface area contributed by atoms with Gasteiger partial charge >= 0.3 is 5.97 Å². The molecule has 0 unspecified atom stereocenters. The molecule has 0 bridgehead atoms. The second-order valence-electron chi connectivity index (χ2n) is 6.88. The molecule has 0 spiro atoms. The number of ether oxygens (including phenoxy) is 1. The van der Waals surface area contributed by atoms with Crippen molar-refractivity contribution in [1.29, 1.82) is 0 Å². The molecule has 4 rings (SSSR count). The Kier molecular flexibility index (Phi) is 4.75. The molecule has 1 aromatic carbocycles. The molecule has 7 nitrogen and oxygen atoms in total. The fourth-order valence-electron chi connectivity index (χ4n) is 3.63. The van der Waals surface area contributed by atoms with E-state index in [9.17, 15) is 4.79 Å². The number of hydrogen-bond acceptors (Lipinski definition) is 6. The summed E-state index contributed by atoms with van der Waals surface area (Å²) in [6.45, 7) is 5.83. The topological polar surface area (TPSA) is 84.0 Å². The number of rotatable bonds is 4. The Balaban J connectivity index is 1.50. The molecule has 1 N–H and O–H groups in total. The first-order chi connectivity index (χ1) is 13.2. The van der Waals surface area contributed by atoms with Gasteiger partial charge in [0.1, 0.15) is 23.5 Å². The van der Waals surface area contributed by atoms with E-state index in [2.05, 4.69) is 45.0 Å². The van der Waals surface area contributed by atoms with Crippen LogP contribution in [0.4, 0.5) is 5.82 Å². The van der Waals surface area contributed by atoms with Gasteiger partial charge in [0.15, 0.2) is 0 Å². The number of aromatic nitrogens is 4. The Morgan fingerprint density at radius 2 is 2.15 bits per heavy atom. The number of H-pyrrole nitrogens is 1. The number of anilines is 1. The molecule has 0 radical (unpaired) electrons. The van der Waals surface area contributed by atoms with Crippen molar-refractivity contribution in [2.45, 2.75) is 32.6 Å². The maximum Gasteiger partial charge on any atom is 0.343 e. The lowest BCUT2D eigenvalue weighted by atomic mass is 9.96. The molecule has 140 valence electrons. The van der Waals surface area contributed by atoms with E-state index in [1.807, 2.05) is 0 Å². The molecule has 1 aliphatic rings. The molecular weight excluding hydrogens is 342 g/mol. The first kappa shape index (κ1) is 17.5. The van der Waals surface area contributed by atoms with Crippen LogP contribution in [-0.4, -0.2) is 45.6 Å². The molecular formula is C20H23N5O2. The van der Waals surface area contributed by atoms with Crippen LogP contribution in [0.15, 0.2) is 30.7 Å². The average molecular weight is 365 g/mol. The largest absolute Gasteiger partial charge is 0.462 e. The van der Waals surface area contributed by atoms with Crippen LogP contribution in [0.25, 0.3) is 11.0 Å². The van der Waals surface area contributed by atoms with E-state index < -0.39 is 0 Å². The summed E-state index contributed by atoms with van der Waals surface area (Å²) in [5, 5.41) is 0. The van der Waals surface area contributed by atoms with Gasteiger partial charge in [-0.15, -0.1) is 0 Å². The van der Waals surface area contributed by atoms with Crippen molar-refractivity contribution < 1.29 is 9.53 Å². The van der Waals surface area contributed by atoms with Crippen molar-refractivity contribution in [3.05, 3.63) is 47.7 Å². The van der Waals surface area contributed by atoms with Crippen molar-refractivity contribution in [1.82, 2.24) is 19.9 Å². The van der Waals surface area contributed by atoms with Gasteiger partial charge in [0, 0.05) is 25.2 Å². The summed E-state index contributed by atoms with van der Waals surface area (Å²) in [5.74, 6) is 1.70. The van der Waals surface area contributed by atoms with Crippen molar-refractivity contribution in [2.75, 3.05) is 24.6 Å². The number of aryl methyl sites for hydroxylation is 1. The number of nitrogens with zero attached hydrogens (tertiary/aromatic N) is 4. The third-order valence-electron chi connectivity index (χ3n) is 5.02. The molecule has 0 atom stereocenters. The second kappa shape index (κ2) is 7.34. The maximum atomic E-state index is 12.2. The minimum absolute atomic E-state index is 0.334. The van der Waals surface area contributed by atoms with Crippen molar-refractivity contribution >= 4 is 22.8 Å². The van der Waals surface area contributed by atoms with Crippen molar-refractivity contribution in [2.24, 2.45) is 0 Å². The van der Waals surface area contributed by atoms with Crippen LogP contribution in [0.3, 0.4) is 0 Å². The molecule has 3 aromatic rings. The number of esters is 1. The highest BCUT2D eigenvalue weighted by Gasteiger charge is 2.27. The Labute approximate surface area is 157 Å². The molecule has 1 aliphatic heterocycles. The summed E-state index contributed by atoms with van der Waals surface area (Å²) in [6, 6.07) is 6.28. The van der Waals surface area contributed by atoms with Gasteiger partial charge in [0.05, 0.1) is 17.6 Å². The lowest BCUT2D eigenvalue weighted by molar-refractivity contribution is 0.0526. The fraction of sp³-hybridized carbons (Fsp3) is 0.400. The summed E-state index contributed by atoms with van der Waals surface area (Å²) >= 11 is 0. The monoisotopic (exact) mass is 365 g/mol. The lowest BCUT2D eigenvalue weighted by Crippen LogP contribution is -2.35. The van der Waals surface area contributed by atoms with Crippen LogP contribution in [0.1, 0.15) is 47.4 Å². The molecule has 2 aromatic heterocycles. The van der Waals surface area contributed by atoms with E-state index in [0.717, 1.165) is 42.8 Å². The van der Waals surface area contributed by atoms with E-state index in [0.29, 0.717) is 23.9 Å². The van der Waals surface area contributed by atoms with Gasteiger partial charge in [-0.3, -0.25) is 0 Å². The van der Waals surface area contributed by atoms with Crippen LogP contribution in [-0.2, 0) is 4.74 Å². The number of imidazole rings is 1. The normalized spacial score (nSPS) is 15.3. The molecule has 27 heavy (non-hydrogen) atoms. The van der Waals surface area contributed by atoms with E-state index in [4.69, 9.17) is 9.72 Å². The van der Waals surface area contributed by atoms with E-state index in [1.165, 1.54) is 18.1 Å². The summed E-state index contributed by atoms with van der Waals surface area (Å²) in [7, 11) is 0. The second-order valence-corrected chi connectivity index (χ2v) is 6.88. The molecule has 0 aliphatic carbocycles. The lowest BCUT2D eigenvalue weighted by Gasteiger charge is -2.32. The Hall–Kier alpha value is -2.96. The quantitative estimate of drug-likeness (QED) is 0.715. The van der Waals surface area contributed by atoms with Crippen LogP contribution in [0.5, 0.6) is 0 Å². The van der Waals surface area contributed by atoms with Crippen LogP contribution < -0.4 is 4.90 Å². The minimum atomic E-state index is -0.372. The number of hydrogen-bond donors (Lipinski definition) is 1. The van der Waals surface area contributed by atoms with Gasteiger partial charge in [0.2, 0.25) is 0 Å². The number of nitrogens with one attached hydrogen (secondary N) is 1. The highest BCUT2D eigenvalue weighted by Crippen LogP contribution is 2.30. The third kappa shape index (κ3) is 3.49. The highest BCUT2D eigenvalue weighted by molar-refractivity contribution is 5.94. The van der Waals surface area contributed by atoms with E-state index >= 15 is 0 Å². The van der Waals surface area contributed by atoms with Gasteiger partial charge in [-0.25, -0.2) is 19.7 Å². The fourth-order valence-corrected chi connectivity index (χ4v) is 3.63. The average Bonchev–Trinajstić information content (AvgIpc) is 3.11. The van der Waals surface area contributed by atoms with Crippen molar-refractivity contribution in [3.8, 4) is 0 Å². The first-order valence-electron chi connectivity index (χ1n) is 9.34. The number of carbonyl (C=O) groups is 1. The predicted molar refractivity (Wildman–Crippen MR) is 103 cm³/mol. The summed E-state index contributed by atoms with van der Waals surface area (Å²) in [6.07, 6.45) is 4.91. The minimum Gasteiger partial charge on any atom is -0.462 e. The van der Waals surface area contributed by atoms with Gasteiger partial charge in [-0.05, 0) is 44.4 Å². The van der Waals surface area contributed by atoms with Gasteiger partial charge in [-0.2, -0.15) is 0 Å². The molecule has 0 saturated carbocycles. The zero-order chi connectivity index (χ0) is 18.8. The summed E-state index contributed by atoms with van der Waals surface area (Å²) in [5.41, 5.74) is 3.76. The smallest absolute Gasteiger partial charge is 0.343 e. The molecule has 7 heteroatoms. The number of piperidine rings is 1. The number of fused-ring (bicyclic) bond motifs is 1. The number of carbonyl (C=O) groups excluding carboxylic acids is 1. The zero-order valence-corrected chi connectivity index (χ0v) is 15.6. The SMILES string of the molecule is CCOC(=O)c1cncnc1N1CCC(c2nc3ccc(C)cc3[nH]2)CC1. The van der Waals surface area contributed by atoms with Gasteiger partial charge in [0.25, 0.3) is 0 Å². The zero-order valence-electron chi connectivity index (χ0n) is 15.6. The molecule has 0 amide bonds.